The summed E-state index contributed by atoms with van der Waals surface area (Å²) in [6.07, 6.45) is 2.86. The highest BCUT2D eigenvalue weighted by atomic mass is 35.5. The van der Waals surface area contributed by atoms with E-state index in [1.165, 1.54) is 9.71 Å². The van der Waals surface area contributed by atoms with Crippen molar-refractivity contribution in [2.24, 2.45) is 5.92 Å². The van der Waals surface area contributed by atoms with E-state index in [-0.39, 0.29) is 11.8 Å². The first kappa shape index (κ1) is 15.4. The van der Waals surface area contributed by atoms with Gasteiger partial charge in [0.25, 0.3) is 0 Å². The zero-order chi connectivity index (χ0) is 15.8. The molecule has 0 saturated carbocycles. The molecule has 0 radical (unpaired) electrons. The smallest absolute Gasteiger partial charge is 0.228 e. The monoisotopic (exact) mass is 350 g/mol. The molecule has 0 spiro atoms. The zero-order valence-electron chi connectivity index (χ0n) is 12.8. The SMILES string of the molecule is O=C([C@@H]1CCOC1)N1CCC(c2nc3cc(Cl)ccc3s2)CC1. The van der Waals surface area contributed by atoms with Gasteiger partial charge in [-0.1, -0.05) is 11.6 Å². The molecule has 1 aromatic heterocycles. The Morgan fingerprint density at radius 3 is 2.87 bits per heavy atom. The molecule has 4 nitrogen and oxygen atoms in total. The first-order valence-corrected chi connectivity index (χ1v) is 9.32. The van der Waals surface area contributed by atoms with Crippen molar-refractivity contribution in [1.82, 2.24) is 9.88 Å². The van der Waals surface area contributed by atoms with Crippen LogP contribution in [-0.4, -0.2) is 42.1 Å². The third-order valence-corrected chi connectivity index (χ3v) is 6.23. The number of carbonyl (C=O) groups is 1. The largest absolute Gasteiger partial charge is 0.381 e. The van der Waals surface area contributed by atoms with E-state index in [0.29, 0.717) is 12.5 Å². The van der Waals surface area contributed by atoms with E-state index in [0.717, 1.165) is 49.5 Å². The van der Waals surface area contributed by atoms with Crippen LogP contribution in [0.2, 0.25) is 5.02 Å². The van der Waals surface area contributed by atoms with Crippen LogP contribution in [0.1, 0.15) is 30.2 Å². The Morgan fingerprint density at radius 2 is 2.13 bits per heavy atom. The van der Waals surface area contributed by atoms with Crippen LogP contribution in [0.4, 0.5) is 0 Å². The summed E-state index contributed by atoms with van der Waals surface area (Å²) in [7, 11) is 0. The van der Waals surface area contributed by atoms with Crippen LogP contribution in [0.5, 0.6) is 0 Å². The average molecular weight is 351 g/mol. The van der Waals surface area contributed by atoms with Crippen molar-refractivity contribution in [3.8, 4) is 0 Å². The molecule has 2 fully saturated rings. The number of fused-ring (bicyclic) bond motifs is 1. The predicted molar refractivity (Wildman–Crippen MR) is 92.1 cm³/mol. The van der Waals surface area contributed by atoms with Crippen LogP contribution in [-0.2, 0) is 9.53 Å². The van der Waals surface area contributed by atoms with Crippen molar-refractivity contribution in [3.63, 3.8) is 0 Å². The Hall–Kier alpha value is -1.17. The summed E-state index contributed by atoms with van der Waals surface area (Å²) < 4.78 is 6.52. The molecule has 2 saturated heterocycles. The van der Waals surface area contributed by atoms with E-state index in [2.05, 4.69) is 0 Å². The highest BCUT2D eigenvalue weighted by Gasteiger charge is 2.31. The van der Waals surface area contributed by atoms with Crippen molar-refractivity contribution < 1.29 is 9.53 Å². The van der Waals surface area contributed by atoms with E-state index in [1.54, 1.807) is 11.3 Å². The molecular weight excluding hydrogens is 332 g/mol. The minimum absolute atomic E-state index is 0.0798. The van der Waals surface area contributed by atoms with Crippen LogP contribution >= 0.6 is 22.9 Å². The number of halogens is 1. The Kier molecular flexibility index (Phi) is 4.26. The Labute approximate surface area is 144 Å². The maximum Gasteiger partial charge on any atom is 0.228 e. The van der Waals surface area contributed by atoms with Gasteiger partial charge in [0, 0.05) is 30.6 Å². The zero-order valence-corrected chi connectivity index (χ0v) is 14.4. The molecule has 122 valence electrons. The van der Waals surface area contributed by atoms with Crippen LogP contribution in [0.3, 0.4) is 0 Å². The summed E-state index contributed by atoms with van der Waals surface area (Å²) in [6.45, 7) is 2.98. The maximum absolute atomic E-state index is 12.4. The van der Waals surface area contributed by atoms with Gasteiger partial charge in [0.05, 0.1) is 27.7 Å². The lowest BCUT2D eigenvalue weighted by molar-refractivity contribution is -0.136. The number of likely N-dealkylation sites (tertiary alicyclic amines) is 1. The molecule has 3 heterocycles. The number of nitrogens with zero attached hydrogens (tertiary/aromatic N) is 2. The number of benzene rings is 1. The lowest BCUT2D eigenvalue weighted by Crippen LogP contribution is -2.41. The number of ether oxygens (including phenoxy) is 1. The fourth-order valence-corrected chi connectivity index (χ4v) is 4.71. The number of hydrogen-bond acceptors (Lipinski definition) is 4. The third kappa shape index (κ3) is 3.10. The molecule has 1 amide bonds. The number of piperidine rings is 1. The van der Waals surface area contributed by atoms with Gasteiger partial charge in [0.15, 0.2) is 0 Å². The molecule has 2 aliphatic heterocycles. The minimum Gasteiger partial charge on any atom is -0.381 e. The summed E-state index contributed by atoms with van der Waals surface area (Å²) in [4.78, 5) is 19.2. The standard InChI is InChI=1S/C17H19ClN2O2S/c18-13-1-2-15-14(9-13)19-16(23-15)11-3-6-20(7-4-11)17(21)12-5-8-22-10-12/h1-2,9,11-12H,3-8,10H2/t12-/m1/s1. The molecule has 2 aliphatic rings. The fraction of sp³-hybridized carbons (Fsp3) is 0.529. The minimum atomic E-state index is 0.0798. The lowest BCUT2D eigenvalue weighted by atomic mass is 9.96. The van der Waals surface area contributed by atoms with Crippen molar-refractivity contribution >= 4 is 39.1 Å². The Balaban J connectivity index is 1.43. The maximum atomic E-state index is 12.4. The summed E-state index contributed by atoms with van der Waals surface area (Å²) in [6, 6.07) is 5.88. The van der Waals surface area contributed by atoms with E-state index >= 15 is 0 Å². The molecule has 1 atom stereocenters. The van der Waals surface area contributed by atoms with E-state index in [9.17, 15) is 4.79 Å². The molecule has 2 aromatic rings. The molecule has 1 aromatic carbocycles. The molecule has 0 unspecified atom stereocenters. The van der Waals surface area contributed by atoms with Gasteiger partial charge in [-0.25, -0.2) is 4.98 Å². The fourth-order valence-electron chi connectivity index (χ4n) is 3.43. The molecule has 0 N–H and O–H groups in total. The molecule has 6 heteroatoms. The molecular formula is C17H19ClN2O2S. The first-order chi connectivity index (χ1) is 11.2. The van der Waals surface area contributed by atoms with Gasteiger partial charge in [-0.15, -0.1) is 11.3 Å². The third-order valence-electron chi connectivity index (χ3n) is 4.80. The van der Waals surface area contributed by atoms with Crippen molar-refractivity contribution in [1.29, 1.82) is 0 Å². The number of thiazole rings is 1. The quantitative estimate of drug-likeness (QED) is 0.829. The van der Waals surface area contributed by atoms with Crippen molar-refractivity contribution in [2.75, 3.05) is 26.3 Å². The van der Waals surface area contributed by atoms with Gasteiger partial charge in [0.1, 0.15) is 0 Å². The van der Waals surface area contributed by atoms with Gasteiger partial charge in [0.2, 0.25) is 5.91 Å². The second kappa shape index (κ2) is 6.38. The van der Waals surface area contributed by atoms with Gasteiger partial charge >= 0.3 is 0 Å². The lowest BCUT2D eigenvalue weighted by Gasteiger charge is -2.32. The van der Waals surface area contributed by atoms with Gasteiger partial charge in [-0.3, -0.25) is 4.79 Å². The highest BCUT2D eigenvalue weighted by Crippen LogP contribution is 2.35. The van der Waals surface area contributed by atoms with Crippen LogP contribution < -0.4 is 0 Å². The van der Waals surface area contributed by atoms with Crippen LogP contribution in [0.15, 0.2) is 18.2 Å². The molecule has 23 heavy (non-hydrogen) atoms. The van der Waals surface area contributed by atoms with E-state index in [4.69, 9.17) is 21.3 Å². The average Bonchev–Trinajstić information content (AvgIpc) is 3.23. The summed E-state index contributed by atoms with van der Waals surface area (Å²) in [5, 5.41) is 1.91. The highest BCUT2D eigenvalue weighted by molar-refractivity contribution is 7.18. The molecule has 0 bridgehead atoms. The molecule has 4 rings (SSSR count). The van der Waals surface area contributed by atoms with Crippen LogP contribution in [0, 0.1) is 5.92 Å². The van der Waals surface area contributed by atoms with Crippen molar-refractivity contribution in [3.05, 3.63) is 28.2 Å². The Bertz CT molecular complexity index is 718. The second-order valence-corrected chi connectivity index (χ2v) is 7.82. The molecule has 0 aliphatic carbocycles. The summed E-state index contributed by atoms with van der Waals surface area (Å²) in [5.41, 5.74) is 0.985. The van der Waals surface area contributed by atoms with Crippen molar-refractivity contribution in [2.45, 2.75) is 25.2 Å². The second-order valence-electron chi connectivity index (χ2n) is 6.32. The predicted octanol–water partition coefficient (Wildman–Crippen LogP) is 3.69. The van der Waals surface area contributed by atoms with E-state index < -0.39 is 0 Å². The van der Waals surface area contributed by atoms with E-state index in [1.807, 2.05) is 23.1 Å². The first-order valence-electron chi connectivity index (χ1n) is 8.13. The summed E-state index contributed by atoms with van der Waals surface area (Å²) >= 11 is 7.79. The summed E-state index contributed by atoms with van der Waals surface area (Å²) in [5.74, 6) is 0.809. The Morgan fingerprint density at radius 1 is 1.30 bits per heavy atom. The number of aromatic nitrogens is 1. The number of amides is 1. The number of hydrogen-bond donors (Lipinski definition) is 0. The topological polar surface area (TPSA) is 42.4 Å². The number of rotatable bonds is 2. The normalized spacial score (nSPS) is 22.8. The van der Waals surface area contributed by atoms with Gasteiger partial charge < -0.3 is 9.64 Å². The van der Waals surface area contributed by atoms with Gasteiger partial charge in [-0.05, 0) is 37.5 Å². The van der Waals surface area contributed by atoms with Crippen LogP contribution in [0.25, 0.3) is 10.2 Å². The number of carbonyl (C=O) groups excluding carboxylic acids is 1. The van der Waals surface area contributed by atoms with Gasteiger partial charge in [-0.2, -0.15) is 0 Å².